The number of hydrogen-bond acceptors (Lipinski definition) is 8. The molecule has 0 aliphatic rings. The Balaban J connectivity index is 0.000000470. The highest BCUT2D eigenvalue weighted by atomic mass is 32.2. The molecule has 0 aliphatic heterocycles. The Hall–Kier alpha value is -3.44. The first kappa shape index (κ1) is 41.6. The van der Waals surface area contributed by atoms with Crippen molar-refractivity contribution in [2.24, 2.45) is 10.2 Å². The standard InChI is InChI=1S/C18H26N2O3S.C18H26N2O2S/c1-7-14-9-12(3)10-15(8-2)16(14)17(21)18(22)20(5)19-13(4)11-24(6)23;1-7-14-9-12(3)10-15(8-2)16(14)17(21)18(22)20(5)19-13(4)11-23-6/h9-10H,7-8,11H2,1-6H3;9-10H,7-8,11H2,1-6H3. The predicted octanol–water partition coefficient (Wildman–Crippen LogP) is 6.02. The second kappa shape index (κ2) is 20.0. The van der Waals surface area contributed by atoms with Crippen molar-refractivity contribution in [3.05, 3.63) is 68.8 Å². The van der Waals surface area contributed by atoms with Gasteiger partial charge >= 0.3 is 11.8 Å². The fraction of sp³-hybridized carbons (Fsp3) is 0.500. The smallest absolute Gasteiger partial charge is 0.283 e. The third-order valence-corrected chi connectivity index (χ3v) is 8.78. The van der Waals surface area contributed by atoms with Crippen molar-refractivity contribution in [2.45, 2.75) is 81.1 Å². The summed E-state index contributed by atoms with van der Waals surface area (Å²) in [7, 11) is 1.95. The van der Waals surface area contributed by atoms with Gasteiger partial charge in [-0.2, -0.15) is 22.0 Å². The fourth-order valence-corrected chi connectivity index (χ4v) is 6.38. The van der Waals surface area contributed by atoms with E-state index in [-0.39, 0.29) is 5.75 Å². The molecule has 0 heterocycles. The molecule has 11 heteroatoms. The summed E-state index contributed by atoms with van der Waals surface area (Å²) in [6.07, 6.45) is 6.36. The molecule has 0 saturated heterocycles. The molecule has 2 aromatic rings. The van der Waals surface area contributed by atoms with Gasteiger partial charge in [0, 0.05) is 59.5 Å². The van der Waals surface area contributed by atoms with Gasteiger partial charge in [-0.25, -0.2) is 10.0 Å². The number of hydrazone groups is 2. The lowest BCUT2D eigenvalue weighted by Crippen LogP contribution is -2.32. The second-order valence-electron chi connectivity index (χ2n) is 11.5. The summed E-state index contributed by atoms with van der Waals surface area (Å²) in [5.41, 5.74) is 8.24. The Bertz CT molecular complexity index is 1500. The number of likely N-dealkylation sites (N-methyl/N-ethyl adjacent to an activating group) is 2. The van der Waals surface area contributed by atoms with Crippen LogP contribution in [0.3, 0.4) is 0 Å². The molecule has 1 unspecified atom stereocenters. The molecular formula is C36H52N4O5S2. The van der Waals surface area contributed by atoms with E-state index in [1.165, 1.54) is 14.1 Å². The number of aryl methyl sites for hydroxylation is 6. The van der Waals surface area contributed by atoms with Gasteiger partial charge in [-0.1, -0.05) is 63.1 Å². The summed E-state index contributed by atoms with van der Waals surface area (Å²) >= 11 is 1.63. The van der Waals surface area contributed by atoms with Gasteiger partial charge in [0.25, 0.3) is 11.6 Å². The molecule has 2 rings (SSSR count). The van der Waals surface area contributed by atoms with Crippen LogP contribution in [0.5, 0.6) is 0 Å². The minimum Gasteiger partial charge on any atom is -0.283 e. The normalized spacial score (nSPS) is 12.2. The molecule has 2 amide bonds. The van der Waals surface area contributed by atoms with Crippen LogP contribution in [0.25, 0.3) is 0 Å². The SMILES string of the molecule is CCc1cc(C)cc(CC)c1C(=O)C(=O)N(C)N=C(C)CS(C)=O.CCc1cc(C)cc(CC)c1C(=O)C(=O)N(C)N=C(C)CSC. The third-order valence-electron chi connectivity index (χ3n) is 7.25. The van der Waals surface area contributed by atoms with E-state index < -0.39 is 34.2 Å². The Morgan fingerprint density at radius 3 is 1.28 bits per heavy atom. The van der Waals surface area contributed by atoms with E-state index in [4.69, 9.17) is 0 Å². The zero-order valence-electron chi connectivity index (χ0n) is 30.2. The molecule has 0 N–H and O–H groups in total. The number of rotatable bonds is 14. The van der Waals surface area contributed by atoms with E-state index >= 15 is 0 Å². The number of Topliss-reactive ketones (excluding diaryl/α,β-unsaturated/α-hetero) is 2. The highest BCUT2D eigenvalue weighted by molar-refractivity contribution is 7.99. The molecule has 0 saturated carbocycles. The quantitative estimate of drug-likeness (QED) is 0.104. The molecule has 0 aliphatic carbocycles. The maximum absolute atomic E-state index is 12.7. The number of hydrogen-bond donors (Lipinski definition) is 0. The van der Waals surface area contributed by atoms with Crippen molar-refractivity contribution < 1.29 is 23.4 Å². The van der Waals surface area contributed by atoms with Crippen LogP contribution < -0.4 is 0 Å². The van der Waals surface area contributed by atoms with Gasteiger partial charge in [0.05, 0.1) is 5.75 Å². The van der Waals surface area contributed by atoms with Crippen LogP contribution in [-0.2, 0) is 46.1 Å². The Morgan fingerprint density at radius 2 is 1.00 bits per heavy atom. The van der Waals surface area contributed by atoms with Crippen LogP contribution in [0.15, 0.2) is 34.5 Å². The molecule has 0 radical (unpaired) electrons. The summed E-state index contributed by atoms with van der Waals surface area (Å²) in [6, 6.07) is 7.88. The van der Waals surface area contributed by atoms with Gasteiger partial charge in [0.15, 0.2) is 0 Å². The van der Waals surface area contributed by atoms with Crippen LogP contribution in [0.2, 0.25) is 0 Å². The molecule has 0 bridgehead atoms. The maximum Gasteiger partial charge on any atom is 0.314 e. The van der Waals surface area contributed by atoms with Crippen LogP contribution >= 0.6 is 11.8 Å². The van der Waals surface area contributed by atoms with Crippen LogP contribution in [0.4, 0.5) is 0 Å². The Labute approximate surface area is 288 Å². The molecule has 2 aromatic carbocycles. The van der Waals surface area contributed by atoms with Gasteiger partial charge < -0.3 is 0 Å². The highest BCUT2D eigenvalue weighted by Crippen LogP contribution is 2.22. The van der Waals surface area contributed by atoms with Gasteiger partial charge in [-0.3, -0.25) is 23.4 Å². The zero-order chi connectivity index (χ0) is 36.0. The van der Waals surface area contributed by atoms with E-state index in [1.807, 2.05) is 79.0 Å². The molecule has 9 nitrogen and oxygen atoms in total. The van der Waals surface area contributed by atoms with Crippen molar-refractivity contribution in [3.63, 3.8) is 0 Å². The lowest BCUT2D eigenvalue weighted by molar-refractivity contribution is -0.125. The molecule has 0 aromatic heterocycles. The molecule has 258 valence electrons. The topological polar surface area (TPSA) is 117 Å². The lowest BCUT2D eigenvalue weighted by atomic mass is 9.92. The van der Waals surface area contributed by atoms with E-state index in [0.29, 0.717) is 29.7 Å². The number of thioether (sulfide) groups is 1. The van der Waals surface area contributed by atoms with Gasteiger partial charge in [-0.05, 0) is 81.9 Å². The number of benzene rings is 2. The fourth-order valence-electron chi connectivity index (χ4n) is 5.25. The van der Waals surface area contributed by atoms with Gasteiger partial charge in [0.2, 0.25) is 0 Å². The number of carbonyl (C=O) groups excluding carboxylic acids is 4. The molecular weight excluding hydrogens is 633 g/mol. The predicted molar refractivity (Wildman–Crippen MR) is 198 cm³/mol. The highest BCUT2D eigenvalue weighted by Gasteiger charge is 2.26. The van der Waals surface area contributed by atoms with E-state index in [9.17, 15) is 23.4 Å². The van der Waals surface area contributed by atoms with Crippen molar-refractivity contribution in [1.82, 2.24) is 10.0 Å². The number of nitrogens with zero attached hydrogens (tertiary/aromatic N) is 4. The third kappa shape index (κ3) is 12.3. The summed E-state index contributed by atoms with van der Waals surface area (Å²) in [6.45, 7) is 15.5. The largest absolute Gasteiger partial charge is 0.314 e. The minimum absolute atomic E-state index is 0.275. The van der Waals surface area contributed by atoms with Crippen LogP contribution in [-0.4, -0.2) is 87.1 Å². The minimum atomic E-state index is -1.04. The first-order valence-corrected chi connectivity index (χ1v) is 18.9. The first-order valence-electron chi connectivity index (χ1n) is 15.8. The number of amides is 2. The molecule has 47 heavy (non-hydrogen) atoms. The van der Waals surface area contributed by atoms with E-state index in [0.717, 1.165) is 67.7 Å². The van der Waals surface area contributed by atoms with Crippen LogP contribution in [0.1, 0.15) is 95.6 Å². The van der Waals surface area contributed by atoms with E-state index in [2.05, 4.69) is 10.2 Å². The number of ketones is 2. The second-order valence-corrected chi connectivity index (χ2v) is 13.8. The summed E-state index contributed by atoms with van der Waals surface area (Å²) < 4.78 is 11.2. The summed E-state index contributed by atoms with van der Waals surface area (Å²) in [5.74, 6) is -1.27. The summed E-state index contributed by atoms with van der Waals surface area (Å²) in [4.78, 5) is 50.4. The average Bonchev–Trinajstić information content (AvgIpc) is 3.01. The Morgan fingerprint density at radius 1 is 0.681 bits per heavy atom. The monoisotopic (exact) mass is 684 g/mol. The first-order chi connectivity index (χ1) is 22.1. The van der Waals surface area contributed by atoms with Crippen molar-refractivity contribution >= 4 is 57.4 Å². The van der Waals surface area contributed by atoms with Crippen molar-refractivity contribution in [1.29, 1.82) is 0 Å². The zero-order valence-corrected chi connectivity index (χ0v) is 31.8. The molecule has 1 atom stereocenters. The Kier molecular flexibility index (Phi) is 17.7. The van der Waals surface area contributed by atoms with Crippen molar-refractivity contribution in [3.8, 4) is 0 Å². The number of carbonyl (C=O) groups is 4. The van der Waals surface area contributed by atoms with Gasteiger partial charge in [-0.15, -0.1) is 0 Å². The maximum atomic E-state index is 12.7. The van der Waals surface area contributed by atoms with Crippen LogP contribution in [0, 0.1) is 13.8 Å². The van der Waals surface area contributed by atoms with E-state index in [1.54, 1.807) is 24.9 Å². The molecule has 0 spiro atoms. The average molecular weight is 685 g/mol. The van der Waals surface area contributed by atoms with Crippen molar-refractivity contribution in [2.75, 3.05) is 38.1 Å². The lowest BCUT2D eigenvalue weighted by Gasteiger charge is -2.16. The molecule has 0 fully saturated rings. The summed E-state index contributed by atoms with van der Waals surface area (Å²) in [5, 5.41) is 10.5. The van der Waals surface area contributed by atoms with Gasteiger partial charge in [0.1, 0.15) is 0 Å².